The molecule has 4 rings (SSSR count). The largest absolute Gasteiger partial charge is 0.356 e. The summed E-state index contributed by atoms with van der Waals surface area (Å²) in [5, 5.41) is 0. The van der Waals surface area contributed by atoms with Crippen molar-refractivity contribution in [2.75, 3.05) is 31.1 Å². The molecular formula is C20H27N5. The van der Waals surface area contributed by atoms with Crippen LogP contribution in [0.2, 0.25) is 0 Å². The molecule has 5 nitrogen and oxygen atoms in total. The summed E-state index contributed by atoms with van der Waals surface area (Å²) in [5.74, 6) is 2.57. The van der Waals surface area contributed by atoms with Crippen molar-refractivity contribution in [1.82, 2.24) is 19.9 Å². The molecule has 2 fully saturated rings. The maximum atomic E-state index is 4.54. The van der Waals surface area contributed by atoms with E-state index in [-0.39, 0.29) is 5.41 Å². The first-order valence-corrected chi connectivity index (χ1v) is 9.18. The minimum absolute atomic E-state index is 0.0633. The number of likely N-dealkylation sites (tertiary alicyclic amines) is 1. The molecule has 0 aliphatic carbocycles. The van der Waals surface area contributed by atoms with Crippen LogP contribution >= 0.6 is 0 Å². The van der Waals surface area contributed by atoms with Gasteiger partial charge in [0.2, 0.25) is 0 Å². The zero-order valence-corrected chi connectivity index (χ0v) is 15.4. The van der Waals surface area contributed by atoms with Gasteiger partial charge in [0.15, 0.2) is 0 Å². The molecule has 0 radical (unpaired) electrons. The van der Waals surface area contributed by atoms with Gasteiger partial charge in [0, 0.05) is 56.6 Å². The fraction of sp³-hybridized carbons (Fsp3) is 0.550. The molecule has 0 saturated carbocycles. The fourth-order valence-corrected chi connectivity index (χ4v) is 4.09. The van der Waals surface area contributed by atoms with Gasteiger partial charge in [-0.1, -0.05) is 26.8 Å². The summed E-state index contributed by atoms with van der Waals surface area (Å²) in [6, 6.07) is 6.37. The zero-order valence-electron chi connectivity index (χ0n) is 15.4. The molecule has 4 heterocycles. The van der Waals surface area contributed by atoms with Gasteiger partial charge in [-0.15, -0.1) is 0 Å². The number of rotatable bonds is 3. The molecule has 2 aliphatic rings. The minimum Gasteiger partial charge on any atom is -0.356 e. The third kappa shape index (κ3) is 3.52. The summed E-state index contributed by atoms with van der Waals surface area (Å²) in [6.45, 7) is 12.2. The Kier molecular flexibility index (Phi) is 4.20. The van der Waals surface area contributed by atoms with E-state index < -0.39 is 0 Å². The van der Waals surface area contributed by atoms with Crippen LogP contribution in [-0.2, 0) is 12.0 Å². The topological polar surface area (TPSA) is 45.2 Å². The second kappa shape index (κ2) is 6.37. The zero-order chi connectivity index (χ0) is 17.4. The summed E-state index contributed by atoms with van der Waals surface area (Å²) in [4.78, 5) is 18.3. The molecule has 5 heteroatoms. The molecule has 0 amide bonds. The van der Waals surface area contributed by atoms with Crippen molar-refractivity contribution in [3.63, 3.8) is 0 Å². The van der Waals surface area contributed by atoms with Crippen LogP contribution in [0.1, 0.15) is 32.0 Å². The Balaban J connectivity index is 1.40. The fourth-order valence-electron chi connectivity index (χ4n) is 4.09. The summed E-state index contributed by atoms with van der Waals surface area (Å²) in [5.41, 5.74) is 2.49. The van der Waals surface area contributed by atoms with Crippen LogP contribution in [-0.4, -0.2) is 46.0 Å². The molecule has 2 unspecified atom stereocenters. The average Bonchev–Trinajstić information content (AvgIpc) is 3.13. The highest BCUT2D eigenvalue weighted by atomic mass is 15.3. The lowest BCUT2D eigenvalue weighted by atomic mass is 9.92. The van der Waals surface area contributed by atoms with E-state index in [1.807, 2.05) is 18.5 Å². The van der Waals surface area contributed by atoms with Crippen molar-refractivity contribution in [3.05, 3.63) is 48.2 Å². The Morgan fingerprint density at radius 3 is 2.48 bits per heavy atom. The molecule has 2 aliphatic heterocycles. The van der Waals surface area contributed by atoms with Gasteiger partial charge in [0.1, 0.15) is 12.1 Å². The highest BCUT2D eigenvalue weighted by molar-refractivity contribution is 5.42. The smallest absolute Gasteiger partial charge is 0.132 e. The molecule has 0 N–H and O–H groups in total. The maximum Gasteiger partial charge on any atom is 0.132 e. The predicted molar refractivity (Wildman–Crippen MR) is 99.4 cm³/mol. The molecule has 2 atom stereocenters. The monoisotopic (exact) mass is 337 g/mol. The van der Waals surface area contributed by atoms with E-state index in [0.717, 1.165) is 43.0 Å². The molecule has 2 aromatic heterocycles. The second-order valence-electron chi connectivity index (χ2n) is 8.49. The van der Waals surface area contributed by atoms with Gasteiger partial charge in [0.05, 0.1) is 5.69 Å². The third-order valence-electron chi connectivity index (χ3n) is 5.44. The lowest BCUT2D eigenvalue weighted by Gasteiger charge is -2.24. The Labute approximate surface area is 150 Å². The lowest BCUT2D eigenvalue weighted by Crippen LogP contribution is -2.29. The van der Waals surface area contributed by atoms with Crippen LogP contribution in [0, 0.1) is 11.8 Å². The predicted octanol–water partition coefficient (Wildman–Crippen LogP) is 2.74. The first kappa shape index (κ1) is 16.5. The van der Waals surface area contributed by atoms with Crippen molar-refractivity contribution in [1.29, 1.82) is 0 Å². The number of aromatic nitrogens is 3. The highest BCUT2D eigenvalue weighted by Crippen LogP contribution is 2.34. The number of nitrogens with zero attached hydrogens (tertiary/aromatic N) is 5. The summed E-state index contributed by atoms with van der Waals surface area (Å²) < 4.78 is 0. The third-order valence-corrected chi connectivity index (χ3v) is 5.44. The van der Waals surface area contributed by atoms with E-state index >= 15 is 0 Å². The number of hydrogen-bond donors (Lipinski definition) is 0. The normalized spacial score (nSPS) is 23.9. The van der Waals surface area contributed by atoms with Crippen LogP contribution < -0.4 is 4.90 Å². The van der Waals surface area contributed by atoms with Gasteiger partial charge >= 0.3 is 0 Å². The summed E-state index contributed by atoms with van der Waals surface area (Å²) in [7, 11) is 0. The van der Waals surface area contributed by atoms with Crippen LogP contribution in [0.25, 0.3) is 0 Å². The van der Waals surface area contributed by atoms with E-state index in [4.69, 9.17) is 0 Å². The Morgan fingerprint density at radius 2 is 1.84 bits per heavy atom. The Hall–Kier alpha value is -2.01. The van der Waals surface area contributed by atoms with Gasteiger partial charge in [-0.2, -0.15) is 0 Å². The van der Waals surface area contributed by atoms with Crippen LogP contribution in [0.15, 0.2) is 36.9 Å². The van der Waals surface area contributed by atoms with E-state index in [9.17, 15) is 0 Å². The van der Waals surface area contributed by atoms with Gasteiger partial charge in [-0.05, 0) is 23.5 Å². The second-order valence-corrected chi connectivity index (χ2v) is 8.49. The minimum atomic E-state index is 0.0633. The van der Waals surface area contributed by atoms with Crippen molar-refractivity contribution in [2.45, 2.75) is 32.7 Å². The molecule has 0 spiro atoms. The molecule has 2 aromatic rings. The van der Waals surface area contributed by atoms with Crippen LogP contribution in [0.4, 0.5) is 5.82 Å². The quantitative estimate of drug-likeness (QED) is 0.862. The standard InChI is InChI=1S/C20H27N5/c1-20(2,3)18-7-19(23-14-22-18)25-12-16-10-24(11-17(16)13-25)9-15-5-4-6-21-8-15/h4-8,14,16-17H,9-13H2,1-3H3. The van der Waals surface area contributed by atoms with Crippen molar-refractivity contribution in [3.8, 4) is 0 Å². The van der Waals surface area contributed by atoms with E-state index in [1.54, 1.807) is 6.33 Å². The molecule has 2 saturated heterocycles. The molecule has 0 aromatic carbocycles. The number of hydrogen-bond acceptors (Lipinski definition) is 5. The van der Waals surface area contributed by atoms with Gasteiger partial charge in [-0.25, -0.2) is 9.97 Å². The number of anilines is 1. The molecule has 0 bridgehead atoms. The Bertz CT molecular complexity index is 710. The summed E-state index contributed by atoms with van der Waals surface area (Å²) in [6.07, 6.45) is 5.54. The van der Waals surface area contributed by atoms with E-state index in [0.29, 0.717) is 0 Å². The van der Waals surface area contributed by atoms with Gasteiger partial charge in [-0.3, -0.25) is 9.88 Å². The molecule has 132 valence electrons. The highest BCUT2D eigenvalue weighted by Gasteiger charge is 2.40. The molecule has 25 heavy (non-hydrogen) atoms. The average molecular weight is 337 g/mol. The van der Waals surface area contributed by atoms with Crippen LogP contribution in [0.3, 0.4) is 0 Å². The first-order chi connectivity index (χ1) is 12.0. The molecular weight excluding hydrogens is 310 g/mol. The summed E-state index contributed by atoms with van der Waals surface area (Å²) >= 11 is 0. The lowest BCUT2D eigenvalue weighted by molar-refractivity contribution is 0.308. The van der Waals surface area contributed by atoms with Gasteiger partial charge < -0.3 is 4.90 Å². The van der Waals surface area contributed by atoms with E-state index in [1.165, 1.54) is 18.7 Å². The number of fused-ring (bicyclic) bond motifs is 1. The van der Waals surface area contributed by atoms with Gasteiger partial charge in [0.25, 0.3) is 0 Å². The first-order valence-electron chi connectivity index (χ1n) is 9.18. The van der Waals surface area contributed by atoms with Crippen LogP contribution in [0.5, 0.6) is 0 Å². The van der Waals surface area contributed by atoms with Crippen molar-refractivity contribution in [2.24, 2.45) is 11.8 Å². The SMILES string of the molecule is CC(C)(C)c1cc(N2CC3CN(Cc4cccnc4)CC3C2)ncn1. The Morgan fingerprint density at radius 1 is 1.08 bits per heavy atom. The van der Waals surface area contributed by atoms with Crippen molar-refractivity contribution < 1.29 is 0 Å². The van der Waals surface area contributed by atoms with E-state index in [2.05, 4.69) is 57.7 Å². The number of pyridine rings is 1. The van der Waals surface area contributed by atoms with Crippen molar-refractivity contribution >= 4 is 5.82 Å². The maximum absolute atomic E-state index is 4.54.